The number of aromatic nitrogens is 2. The zero-order valence-electron chi connectivity index (χ0n) is 18.7. The van der Waals surface area contributed by atoms with Crippen LogP contribution in [0.3, 0.4) is 0 Å². The van der Waals surface area contributed by atoms with Crippen LogP contribution in [0.1, 0.15) is 35.8 Å². The SMILES string of the molecule is COC(=O)c1c(NC(=O)[C@@H]2CCCO2)c2cc(N[C@H](C)CO)cnc2n1Cc1ccccc1. The number of aliphatic hydroxyl groups is 1. The standard InChI is InChI=1S/C24H28N4O5/c1-15(14-29)26-17-11-18-20(27-23(30)19-9-6-10-33-19)21(24(31)32-2)28(22(18)25-12-17)13-16-7-4-3-5-8-16/h3-5,7-8,11-12,15,19,26,29H,6,9-10,13-14H2,1-2H3,(H,27,30)/t15-,19+/m1/s1. The molecule has 9 heteroatoms. The molecule has 0 unspecified atom stereocenters. The van der Waals surface area contributed by atoms with Gasteiger partial charge in [0.25, 0.3) is 5.91 Å². The van der Waals surface area contributed by atoms with E-state index in [1.54, 1.807) is 10.8 Å². The summed E-state index contributed by atoms with van der Waals surface area (Å²) in [5.41, 5.74) is 2.70. The number of rotatable bonds is 8. The number of methoxy groups -OCH3 is 1. The van der Waals surface area contributed by atoms with E-state index in [1.165, 1.54) is 7.11 Å². The van der Waals surface area contributed by atoms with E-state index < -0.39 is 12.1 Å². The number of ether oxygens (including phenoxy) is 2. The average molecular weight is 453 g/mol. The number of benzene rings is 1. The van der Waals surface area contributed by atoms with Crippen LogP contribution in [0.5, 0.6) is 0 Å². The van der Waals surface area contributed by atoms with Gasteiger partial charge in [-0.1, -0.05) is 30.3 Å². The number of pyridine rings is 1. The summed E-state index contributed by atoms with van der Waals surface area (Å²) < 4.78 is 12.4. The number of hydrogen-bond donors (Lipinski definition) is 3. The first-order valence-electron chi connectivity index (χ1n) is 11.0. The smallest absolute Gasteiger partial charge is 0.356 e. The first-order chi connectivity index (χ1) is 16.0. The van der Waals surface area contributed by atoms with Crippen molar-refractivity contribution < 1.29 is 24.2 Å². The van der Waals surface area contributed by atoms with Gasteiger partial charge in [-0.15, -0.1) is 0 Å². The van der Waals surface area contributed by atoms with Gasteiger partial charge in [0.2, 0.25) is 0 Å². The Balaban J connectivity index is 1.86. The molecule has 1 saturated heterocycles. The highest BCUT2D eigenvalue weighted by molar-refractivity contribution is 6.12. The molecular weight excluding hydrogens is 424 g/mol. The predicted molar refractivity (Wildman–Crippen MR) is 124 cm³/mol. The highest BCUT2D eigenvalue weighted by Crippen LogP contribution is 2.34. The molecule has 3 N–H and O–H groups in total. The van der Waals surface area contributed by atoms with E-state index in [4.69, 9.17) is 9.47 Å². The fourth-order valence-electron chi connectivity index (χ4n) is 3.98. The van der Waals surface area contributed by atoms with Crippen LogP contribution in [-0.4, -0.2) is 59.0 Å². The second-order valence-corrected chi connectivity index (χ2v) is 8.10. The van der Waals surface area contributed by atoms with Gasteiger partial charge >= 0.3 is 5.97 Å². The van der Waals surface area contributed by atoms with Crippen molar-refractivity contribution in [1.29, 1.82) is 0 Å². The number of fused-ring (bicyclic) bond motifs is 1. The minimum atomic E-state index is -0.579. The lowest BCUT2D eigenvalue weighted by Gasteiger charge is -2.13. The van der Waals surface area contributed by atoms with E-state index in [2.05, 4.69) is 15.6 Å². The summed E-state index contributed by atoms with van der Waals surface area (Å²) >= 11 is 0. The van der Waals surface area contributed by atoms with Gasteiger partial charge in [-0.05, 0) is 31.4 Å². The summed E-state index contributed by atoms with van der Waals surface area (Å²) in [6.45, 7) is 2.69. The Morgan fingerprint density at radius 3 is 2.79 bits per heavy atom. The van der Waals surface area contributed by atoms with Gasteiger partial charge in [-0.2, -0.15) is 0 Å². The summed E-state index contributed by atoms with van der Waals surface area (Å²) in [4.78, 5) is 30.5. The number of amides is 1. The highest BCUT2D eigenvalue weighted by Gasteiger charge is 2.30. The molecule has 0 saturated carbocycles. The van der Waals surface area contributed by atoms with E-state index in [0.29, 0.717) is 42.0 Å². The molecule has 0 bridgehead atoms. The zero-order valence-corrected chi connectivity index (χ0v) is 18.7. The maximum absolute atomic E-state index is 12.9. The third-order valence-electron chi connectivity index (χ3n) is 5.62. The average Bonchev–Trinajstić information content (AvgIpc) is 3.47. The Bertz CT molecular complexity index is 1140. The van der Waals surface area contributed by atoms with Gasteiger partial charge in [0.15, 0.2) is 5.69 Å². The summed E-state index contributed by atoms with van der Waals surface area (Å²) in [5.74, 6) is -0.886. The van der Waals surface area contributed by atoms with Gasteiger partial charge in [-0.25, -0.2) is 9.78 Å². The number of aliphatic hydroxyl groups excluding tert-OH is 1. The van der Waals surface area contributed by atoms with Crippen LogP contribution in [-0.2, 0) is 20.8 Å². The molecule has 1 fully saturated rings. The van der Waals surface area contributed by atoms with Crippen LogP contribution in [0.15, 0.2) is 42.6 Å². The molecule has 174 valence electrons. The first-order valence-corrected chi connectivity index (χ1v) is 11.0. The van der Waals surface area contributed by atoms with Crippen LogP contribution in [0.25, 0.3) is 11.0 Å². The normalized spacial score (nSPS) is 16.5. The maximum atomic E-state index is 12.9. The fourth-order valence-corrected chi connectivity index (χ4v) is 3.98. The van der Waals surface area contributed by atoms with Gasteiger partial charge < -0.3 is 29.8 Å². The first kappa shape index (κ1) is 22.8. The van der Waals surface area contributed by atoms with E-state index in [1.807, 2.05) is 43.3 Å². The number of anilines is 2. The molecule has 4 rings (SSSR count). The summed E-state index contributed by atoms with van der Waals surface area (Å²) in [7, 11) is 1.31. The second kappa shape index (κ2) is 10.0. The van der Waals surface area contributed by atoms with Crippen molar-refractivity contribution in [2.45, 2.75) is 38.5 Å². The van der Waals surface area contributed by atoms with Crippen LogP contribution in [0.2, 0.25) is 0 Å². The quantitative estimate of drug-likeness (QED) is 0.450. The molecule has 0 aliphatic carbocycles. The van der Waals surface area contributed by atoms with Crippen LogP contribution in [0, 0.1) is 0 Å². The Morgan fingerprint density at radius 2 is 2.12 bits per heavy atom. The number of hydrogen-bond acceptors (Lipinski definition) is 7. The van der Waals surface area contributed by atoms with Crippen molar-refractivity contribution in [2.24, 2.45) is 0 Å². The molecule has 1 aliphatic heterocycles. The topological polar surface area (TPSA) is 115 Å². The van der Waals surface area contributed by atoms with Crippen molar-refractivity contribution in [3.8, 4) is 0 Å². The molecular formula is C24H28N4O5. The number of carbonyl (C=O) groups is 2. The lowest BCUT2D eigenvalue weighted by molar-refractivity contribution is -0.124. The highest BCUT2D eigenvalue weighted by atomic mass is 16.5. The van der Waals surface area contributed by atoms with Crippen molar-refractivity contribution >= 4 is 34.3 Å². The molecule has 33 heavy (non-hydrogen) atoms. The maximum Gasteiger partial charge on any atom is 0.356 e. The minimum Gasteiger partial charge on any atom is -0.464 e. The van der Waals surface area contributed by atoms with Gasteiger partial charge in [0.05, 0.1) is 31.3 Å². The van der Waals surface area contributed by atoms with Gasteiger partial charge in [0, 0.05) is 24.6 Å². The van der Waals surface area contributed by atoms with Gasteiger partial charge in [0.1, 0.15) is 11.8 Å². The molecule has 1 aliphatic rings. The number of esters is 1. The van der Waals surface area contributed by atoms with E-state index in [0.717, 1.165) is 12.0 Å². The van der Waals surface area contributed by atoms with E-state index in [9.17, 15) is 14.7 Å². The molecule has 2 atom stereocenters. The monoisotopic (exact) mass is 452 g/mol. The van der Waals surface area contributed by atoms with Crippen molar-refractivity contribution in [3.05, 3.63) is 53.9 Å². The molecule has 9 nitrogen and oxygen atoms in total. The predicted octanol–water partition coefficient (Wildman–Crippen LogP) is 2.78. The Kier molecular flexibility index (Phi) is 6.90. The second-order valence-electron chi connectivity index (χ2n) is 8.10. The van der Waals surface area contributed by atoms with Crippen molar-refractivity contribution in [2.75, 3.05) is 31.0 Å². The molecule has 0 spiro atoms. The van der Waals surface area contributed by atoms with Crippen LogP contribution >= 0.6 is 0 Å². The number of nitrogens with one attached hydrogen (secondary N) is 2. The van der Waals surface area contributed by atoms with Gasteiger partial charge in [-0.3, -0.25) is 4.79 Å². The number of nitrogens with zero attached hydrogens (tertiary/aromatic N) is 2. The van der Waals surface area contributed by atoms with Crippen LogP contribution in [0.4, 0.5) is 11.4 Å². The Labute approximate surface area is 191 Å². The molecule has 1 amide bonds. The van der Waals surface area contributed by atoms with Crippen LogP contribution < -0.4 is 10.6 Å². The van der Waals surface area contributed by atoms with Crippen molar-refractivity contribution in [1.82, 2.24) is 9.55 Å². The number of carbonyl (C=O) groups excluding carboxylic acids is 2. The van der Waals surface area contributed by atoms with E-state index in [-0.39, 0.29) is 24.2 Å². The lowest BCUT2D eigenvalue weighted by atomic mass is 10.2. The summed E-state index contributed by atoms with van der Waals surface area (Å²) in [5, 5.41) is 16.1. The van der Waals surface area contributed by atoms with Crippen molar-refractivity contribution in [3.63, 3.8) is 0 Å². The zero-order chi connectivity index (χ0) is 23.4. The molecule has 3 heterocycles. The Morgan fingerprint density at radius 1 is 1.33 bits per heavy atom. The molecule has 1 aromatic carbocycles. The lowest BCUT2D eigenvalue weighted by Crippen LogP contribution is -2.28. The third-order valence-corrected chi connectivity index (χ3v) is 5.62. The molecule has 0 radical (unpaired) electrons. The Hall–Kier alpha value is -3.43. The summed E-state index contributed by atoms with van der Waals surface area (Å²) in [6, 6.07) is 11.3. The molecule has 3 aromatic rings. The largest absolute Gasteiger partial charge is 0.464 e. The third kappa shape index (κ3) is 4.84. The fraction of sp³-hybridized carbons (Fsp3) is 0.375. The van der Waals surface area contributed by atoms with E-state index >= 15 is 0 Å². The molecule has 2 aromatic heterocycles. The summed E-state index contributed by atoms with van der Waals surface area (Å²) in [6.07, 6.45) is 2.52. The minimum absolute atomic E-state index is 0.0525.